The van der Waals surface area contributed by atoms with E-state index in [1.54, 1.807) is 6.92 Å². The molecule has 0 spiro atoms. The Morgan fingerprint density at radius 2 is 1.83 bits per heavy atom. The predicted octanol–water partition coefficient (Wildman–Crippen LogP) is 4.83. The van der Waals surface area contributed by atoms with Crippen molar-refractivity contribution in [1.29, 1.82) is 0 Å². The van der Waals surface area contributed by atoms with Crippen molar-refractivity contribution in [3.63, 3.8) is 0 Å². The molecular weight excluding hydrogens is 362 g/mol. The van der Waals surface area contributed by atoms with Crippen LogP contribution in [0.3, 0.4) is 0 Å². The van der Waals surface area contributed by atoms with Gasteiger partial charge in [-0.25, -0.2) is 0 Å². The maximum Gasteiger partial charge on any atom is 0.304 e. The van der Waals surface area contributed by atoms with E-state index in [0.717, 1.165) is 23.4 Å². The van der Waals surface area contributed by atoms with Crippen LogP contribution in [0.1, 0.15) is 55.2 Å². The largest absolute Gasteiger partial charge is 0.489 e. The molecular formula is C25H29NO3. The first kappa shape index (κ1) is 21.0. The van der Waals surface area contributed by atoms with Gasteiger partial charge in [-0.2, -0.15) is 0 Å². The molecule has 1 saturated heterocycles. The Morgan fingerprint density at radius 3 is 2.52 bits per heavy atom. The second-order valence-electron chi connectivity index (χ2n) is 7.56. The summed E-state index contributed by atoms with van der Waals surface area (Å²) >= 11 is 0. The molecule has 4 nitrogen and oxygen atoms in total. The number of likely N-dealkylation sites (tertiary alicyclic amines) is 1. The minimum atomic E-state index is -0.845. The van der Waals surface area contributed by atoms with Crippen LogP contribution in [0.25, 0.3) is 0 Å². The summed E-state index contributed by atoms with van der Waals surface area (Å²) in [5.74, 6) is 5.42. The quantitative estimate of drug-likeness (QED) is 0.655. The number of ether oxygens (including phenoxy) is 1. The van der Waals surface area contributed by atoms with Crippen molar-refractivity contribution in [1.82, 2.24) is 4.90 Å². The van der Waals surface area contributed by atoms with E-state index >= 15 is 0 Å². The lowest BCUT2D eigenvalue weighted by Gasteiger charge is -2.26. The summed E-state index contributed by atoms with van der Waals surface area (Å²) < 4.78 is 5.95. The number of carboxylic acids is 1. The molecule has 0 bridgehead atoms. The predicted molar refractivity (Wildman–Crippen MR) is 115 cm³/mol. The van der Waals surface area contributed by atoms with Crippen LogP contribution in [-0.4, -0.2) is 29.1 Å². The van der Waals surface area contributed by atoms with Crippen molar-refractivity contribution >= 4 is 5.97 Å². The van der Waals surface area contributed by atoms with Crippen LogP contribution < -0.4 is 4.74 Å². The third-order valence-corrected chi connectivity index (χ3v) is 5.23. The molecule has 1 atom stereocenters. The molecule has 1 aliphatic heterocycles. The van der Waals surface area contributed by atoms with Crippen LogP contribution in [0.4, 0.5) is 0 Å². The van der Waals surface area contributed by atoms with E-state index in [0.29, 0.717) is 6.61 Å². The van der Waals surface area contributed by atoms with Crippen LogP contribution in [0.2, 0.25) is 0 Å². The maximum absolute atomic E-state index is 11.0. The zero-order valence-corrected chi connectivity index (χ0v) is 17.1. The Kier molecular flexibility index (Phi) is 7.72. The van der Waals surface area contributed by atoms with Gasteiger partial charge in [-0.1, -0.05) is 48.7 Å². The highest BCUT2D eigenvalue weighted by atomic mass is 16.5. The summed E-state index contributed by atoms with van der Waals surface area (Å²) in [5, 5.41) is 9.07. The van der Waals surface area contributed by atoms with E-state index in [2.05, 4.69) is 41.0 Å². The van der Waals surface area contributed by atoms with Gasteiger partial charge < -0.3 is 9.84 Å². The average molecular weight is 392 g/mol. The fraction of sp³-hybridized carbons (Fsp3) is 0.400. The summed E-state index contributed by atoms with van der Waals surface area (Å²) in [5.41, 5.74) is 3.39. The number of carboxylic acid groups (broad SMARTS) is 1. The standard InChI is InChI=1S/C25H29NO3/c1-2-7-23(17-25(27)28)22-10-12-24(13-11-22)29-19-21-9-6-8-20(16-21)18-26-14-4-3-5-15-26/h6,8-13,16,23H,3-5,14-15,17-19H2,1H3,(H,27,28). The van der Waals surface area contributed by atoms with Crippen molar-refractivity contribution in [2.75, 3.05) is 13.1 Å². The van der Waals surface area contributed by atoms with Gasteiger partial charge in [-0.05, 0) is 61.7 Å². The van der Waals surface area contributed by atoms with Gasteiger partial charge in [0.15, 0.2) is 0 Å². The van der Waals surface area contributed by atoms with E-state index < -0.39 is 5.97 Å². The molecule has 0 saturated carbocycles. The summed E-state index contributed by atoms with van der Waals surface area (Å²) in [7, 11) is 0. The average Bonchev–Trinajstić information content (AvgIpc) is 2.73. The smallest absolute Gasteiger partial charge is 0.304 e. The molecule has 2 aromatic carbocycles. The molecule has 0 aliphatic carbocycles. The molecule has 0 amide bonds. The molecule has 0 radical (unpaired) electrons. The fourth-order valence-electron chi connectivity index (χ4n) is 3.76. The van der Waals surface area contributed by atoms with Gasteiger partial charge in [0.1, 0.15) is 12.4 Å². The van der Waals surface area contributed by atoms with Gasteiger partial charge in [-0.3, -0.25) is 9.69 Å². The van der Waals surface area contributed by atoms with Gasteiger partial charge >= 0.3 is 5.97 Å². The van der Waals surface area contributed by atoms with Gasteiger partial charge in [0.2, 0.25) is 0 Å². The Labute approximate surface area is 173 Å². The number of nitrogens with zero attached hydrogens (tertiary/aromatic N) is 1. The Morgan fingerprint density at radius 1 is 1.10 bits per heavy atom. The summed E-state index contributed by atoms with van der Waals surface area (Å²) in [4.78, 5) is 13.6. The normalized spacial score (nSPS) is 15.2. The van der Waals surface area contributed by atoms with Gasteiger partial charge in [0.25, 0.3) is 0 Å². The Hall–Kier alpha value is -2.77. The van der Waals surface area contributed by atoms with Crippen molar-refractivity contribution in [2.45, 2.75) is 51.7 Å². The molecule has 3 rings (SSSR count). The zero-order chi connectivity index (χ0) is 20.5. The summed E-state index contributed by atoms with van der Waals surface area (Å²) in [6.45, 7) is 5.63. The molecule has 1 aliphatic rings. The summed E-state index contributed by atoms with van der Waals surface area (Å²) in [6.07, 6.45) is 3.96. The number of aliphatic carboxylic acids is 1. The van der Waals surface area contributed by atoms with Crippen LogP contribution >= 0.6 is 0 Å². The van der Waals surface area contributed by atoms with Gasteiger partial charge in [-0.15, -0.1) is 5.92 Å². The third kappa shape index (κ3) is 6.66. The van der Waals surface area contributed by atoms with E-state index in [9.17, 15) is 4.79 Å². The first-order chi connectivity index (χ1) is 14.1. The highest BCUT2D eigenvalue weighted by Crippen LogP contribution is 2.23. The number of rotatable bonds is 8. The van der Waals surface area contributed by atoms with E-state index in [4.69, 9.17) is 9.84 Å². The number of benzene rings is 2. The zero-order valence-electron chi connectivity index (χ0n) is 17.1. The molecule has 29 heavy (non-hydrogen) atoms. The highest BCUT2D eigenvalue weighted by molar-refractivity contribution is 5.69. The van der Waals surface area contributed by atoms with Crippen LogP contribution in [0, 0.1) is 11.8 Å². The molecule has 152 valence electrons. The van der Waals surface area contributed by atoms with Gasteiger partial charge in [0.05, 0.1) is 12.3 Å². The maximum atomic E-state index is 11.0. The number of carbonyl (C=O) groups is 1. The van der Waals surface area contributed by atoms with E-state index in [1.807, 2.05) is 24.3 Å². The fourth-order valence-corrected chi connectivity index (χ4v) is 3.76. The lowest BCUT2D eigenvalue weighted by Crippen LogP contribution is -2.29. The second kappa shape index (κ2) is 10.7. The SMILES string of the molecule is CC#CC(CC(=O)O)c1ccc(OCc2cccc(CN3CCCCC3)c2)cc1. The topological polar surface area (TPSA) is 49.8 Å². The molecule has 1 fully saturated rings. The van der Waals surface area contributed by atoms with Crippen molar-refractivity contribution in [3.8, 4) is 17.6 Å². The molecule has 1 unspecified atom stereocenters. The molecule has 4 heteroatoms. The highest BCUT2D eigenvalue weighted by Gasteiger charge is 2.13. The van der Waals surface area contributed by atoms with Gasteiger partial charge in [0, 0.05) is 6.54 Å². The van der Waals surface area contributed by atoms with E-state index in [-0.39, 0.29) is 12.3 Å². The molecule has 1 heterocycles. The summed E-state index contributed by atoms with van der Waals surface area (Å²) in [6, 6.07) is 16.2. The lowest BCUT2D eigenvalue weighted by atomic mass is 9.96. The Bertz CT molecular complexity index is 858. The monoisotopic (exact) mass is 391 g/mol. The molecule has 1 N–H and O–H groups in total. The minimum absolute atomic E-state index is 0.00482. The van der Waals surface area contributed by atoms with Crippen LogP contribution in [0.5, 0.6) is 5.75 Å². The lowest BCUT2D eigenvalue weighted by molar-refractivity contribution is -0.137. The first-order valence-electron chi connectivity index (χ1n) is 10.3. The van der Waals surface area contributed by atoms with E-state index in [1.165, 1.54) is 37.9 Å². The number of hydrogen-bond donors (Lipinski definition) is 1. The first-order valence-corrected chi connectivity index (χ1v) is 10.3. The van der Waals surface area contributed by atoms with Crippen LogP contribution in [-0.2, 0) is 17.9 Å². The Balaban J connectivity index is 1.57. The second-order valence-corrected chi connectivity index (χ2v) is 7.56. The van der Waals surface area contributed by atoms with Crippen LogP contribution in [0.15, 0.2) is 48.5 Å². The van der Waals surface area contributed by atoms with Crippen molar-refractivity contribution < 1.29 is 14.6 Å². The minimum Gasteiger partial charge on any atom is -0.489 e. The molecule has 2 aromatic rings. The third-order valence-electron chi connectivity index (χ3n) is 5.23. The number of hydrogen-bond acceptors (Lipinski definition) is 3. The molecule has 0 aromatic heterocycles. The van der Waals surface area contributed by atoms with Crippen molar-refractivity contribution in [2.24, 2.45) is 0 Å². The van der Waals surface area contributed by atoms with Crippen molar-refractivity contribution in [3.05, 3.63) is 65.2 Å². The number of piperidine rings is 1.